The molecule has 2 aromatic rings. The maximum Gasteiger partial charge on any atom is 0.407 e. The van der Waals surface area contributed by atoms with Gasteiger partial charge >= 0.3 is 12.1 Å². The van der Waals surface area contributed by atoms with Gasteiger partial charge in [-0.05, 0) is 66.3 Å². The van der Waals surface area contributed by atoms with Crippen molar-refractivity contribution in [2.75, 3.05) is 37.7 Å². The Balaban J connectivity index is 1.42. The predicted octanol–water partition coefficient (Wildman–Crippen LogP) is 6.26. The number of ether oxygens (including phenoxy) is 1. The smallest absolute Gasteiger partial charge is 0.407 e. The fourth-order valence-corrected chi connectivity index (χ4v) is 9.12. The van der Waals surface area contributed by atoms with E-state index in [0.717, 1.165) is 19.4 Å². The van der Waals surface area contributed by atoms with Crippen LogP contribution in [0.25, 0.3) is 10.9 Å². The van der Waals surface area contributed by atoms with Crippen LogP contribution in [0.15, 0.2) is 4.60 Å². The van der Waals surface area contributed by atoms with Crippen LogP contribution in [-0.4, -0.2) is 107 Å². The Morgan fingerprint density at radius 1 is 1.23 bits per heavy atom. The molecule has 1 amide bonds. The number of anilines is 1. The maximum atomic E-state index is 15.6. The third-order valence-corrected chi connectivity index (χ3v) is 15.9. The number of rotatable bonds is 7. The second-order valence-electron chi connectivity index (χ2n) is 14.2. The molecule has 4 aliphatic heterocycles. The van der Waals surface area contributed by atoms with Gasteiger partial charge in [0.15, 0.2) is 19.3 Å². The summed E-state index contributed by atoms with van der Waals surface area (Å²) in [5.74, 6) is -0.425. The zero-order valence-corrected chi connectivity index (χ0v) is 29.1. The number of hydrogen-bond donors (Lipinski definition) is 1. The molecule has 2 bridgehead atoms. The lowest BCUT2D eigenvalue weighted by Gasteiger charge is -2.48. The van der Waals surface area contributed by atoms with E-state index < -0.39 is 38.0 Å². The first-order valence-electron chi connectivity index (χ1n) is 15.3. The molecule has 2 aromatic heterocycles. The van der Waals surface area contributed by atoms with E-state index >= 15 is 4.39 Å². The Morgan fingerprint density at radius 2 is 1.98 bits per heavy atom. The molecule has 6 heterocycles. The standard InChI is InChI=1S/C29H40BrClF2N6O4Si/c1-28(2,3)44(4,5)43-14-19-18-8-7-17(39(18)27(40)41)13-38(19)25-20-22(21(33)24(31)35-23(20)30)34-26(36-25)42-15-29-9-6-10-37(29)12-16(32)11-29/h16-19H,6-15H2,1-5H3,(H,40,41)/t16-,17-,18+,19-,29+/m1/s1. The van der Waals surface area contributed by atoms with E-state index in [1.807, 2.05) is 4.90 Å². The lowest BCUT2D eigenvalue weighted by Crippen LogP contribution is -2.63. The SMILES string of the molecule is CC(C)(C)[Si](C)(C)OC[C@@H]1[C@@H]2CC[C@H](CN1c1nc(OC[C@@]34CCCN3C[C@H](F)C4)nc3c(F)c(Cl)nc(Br)c13)N2C(=O)O. The molecule has 0 saturated carbocycles. The van der Waals surface area contributed by atoms with Crippen molar-refractivity contribution in [3.63, 3.8) is 0 Å². The molecular formula is C29H40BrClF2N6O4Si. The quantitative estimate of drug-likeness (QED) is 0.263. The van der Waals surface area contributed by atoms with Crippen LogP contribution in [0.5, 0.6) is 6.01 Å². The predicted molar refractivity (Wildman–Crippen MR) is 170 cm³/mol. The van der Waals surface area contributed by atoms with Gasteiger partial charge in [0.05, 0.1) is 35.7 Å². The summed E-state index contributed by atoms with van der Waals surface area (Å²) < 4.78 is 43.3. The molecular weight excluding hydrogens is 678 g/mol. The van der Waals surface area contributed by atoms with Crippen LogP contribution < -0.4 is 9.64 Å². The molecule has 0 radical (unpaired) electrons. The first-order valence-corrected chi connectivity index (χ1v) is 19.4. The second-order valence-corrected chi connectivity index (χ2v) is 20.1. The van der Waals surface area contributed by atoms with Crippen LogP contribution in [0.3, 0.4) is 0 Å². The van der Waals surface area contributed by atoms with Crippen molar-refractivity contribution in [3.05, 3.63) is 15.6 Å². The number of alkyl halides is 1. The zero-order chi connectivity index (χ0) is 31.8. The van der Waals surface area contributed by atoms with E-state index in [4.69, 9.17) is 25.7 Å². The highest BCUT2D eigenvalue weighted by molar-refractivity contribution is 9.10. The van der Waals surface area contributed by atoms with E-state index in [1.54, 1.807) is 4.90 Å². The van der Waals surface area contributed by atoms with Gasteiger partial charge in [-0.15, -0.1) is 0 Å². The number of carboxylic acid groups (broad SMARTS) is 1. The molecule has 242 valence electrons. The fourth-order valence-electron chi connectivity index (χ4n) is 7.28. The van der Waals surface area contributed by atoms with Gasteiger partial charge in [-0.25, -0.2) is 18.6 Å². The molecule has 4 fully saturated rings. The number of hydrogen-bond acceptors (Lipinski definition) is 8. The van der Waals surface area contributed by atoms with Gasteiger partial charge in [-0.3, -0.25) is 9.80 Å². The van der Waals surface area contributed by atoms with Crippen LogP contribution in [0.1, 0.15) is 52.9 Å². The summed E-state index contributed by atoms with van der Waals surface area (Å²) in [4.78, 5) is 31.6. The van der Waals surface area contributed by atoms with Crippen LogP contribution in [0, 0.1) is 5.82 Å². The number of fused-ring (bicyclic) bond motifs is 4. The molecule has 5 atom stereocenters. The molecule has 0 unspecified atom stereocenters. The van der Waals surface area contributed by atoms with Crippen molar-refractivity contribution in [3.8, 4) is 6.01 Å². The summed E-state index contributed by atoms with van der Waals surface area (Å²) in [6.07, 6.45) is 1.61. The lowest BCUT2D eigenvalue weighted by molar-refractivity contribution is 0.0881. The number of piperazine rings is 1. The molecule has 15 heteroatoms. The lowest BCUT2D eigenvalue weighted by atomic mass is 9.95. The average molecular weight is 718 g/mol. The Morgan fingerprint density at radius 3 is 2.68 bits per heavy atom. The zero-order valence-electron chi connectivity index (χ0n) is 25.7. The normalized spacial score (nSPS) is 29.1. The van der Waals surface area contributed by atoms with Crippen LogP contribution in [0.4, 0.5) is 19.4 Å². The summed E-state index contributed by atoms with van der Waals surface area (Å²) in [6.45, 7) is 12.8. The average Bonchev–Trinajstić information content (AvgIpc) is 3.57. The Hall–Kier alpha value is -1.87. The first-order chi connectivity index (χ1) is 20.6. The van der Waals surface area contributed by atoms with Gasteiger partial charge in [0.2, 0.25) is 0 Å². The summed E-state index contributed by atoms with van der Waals surface area (Å²) in [7, 11) is -2.22. The van der Waals surface area contributed by atoms with Gasteiger partial charge < -0.3 is 19.2 Å². The van der Waals surface area contributed by atoms with Crippen LogP contribution in [0.2, 0.25) is 23.3 Å². The van der Waals surface area contributed by atoms with Crippen molar-refractivity contribution in [1.82, 2.24) is 24.8 Å². The highest BCUT2D eigenvalue weighted by Gasteiger charge is 2.52. The van der Waals surface area contributed by atoms with Gasteiger partial charge in [0.25, 0.3) is 0 Å². The maximum absolute atomic E-state index is 15.6. The van der Waals surface area contributed by atoms with E-state index in [0.29, 0.717) is 43.6 Å². The molecule has 0 aromatic carbocycles. The van der Waals surface area contributed by atoms with Crippen LogP contribution >= 0.6 is 27.5 Å². The summed E-state index contributed by atoms with van der Waals surface area (Å²) in [5.41, 5.74) is -0.497. The van der Waals surface area contributed by atoms with Crippen molar-refractivity contribution < 1.29 is 27.8 Å². The minimum atomic E-state index is -2.22. The van der Waals surface area contributed by atoms with Crippen molar-refractivity contribution in [1.29, 1.82) is 0 Å². The third kappa shape index (κ3) is 5.45. The molecule has 4 aliphatic rings. The Bertz CT molecular complexity index is 1470. The number of amides is 1. The Labute approximate surface area is 270 Å². The largest absolute Gasteiger partial charge is 0.465 e. The topological polar surface area (TPSA) is 104 Å². The molecule has 1 N–H and O–H groups in total. The van der Waals surface area contributed by atoms with E-state index in [-0.39, 0.29) is 51.6 Å². The van der Waals surface area contributed by atoms with Crippen molar-refractivity contribution >= 4 is 58.7 Å². The number of carbonyl (C=O) groups is 1. The first kappa shape index (κ1) is 32.1. The monoisotopic (exact) mass is 716 g/mol. The number of aromatic nitrogens is 3. The fraction of sp³-hybridized carbons (Fsp3) is 0.724. The second kappa shape index (κ2) is 11.4. The van der Waals surface area contributed by atoms with Gasteiger partial charge in [0, 0.05) is 19.5 Å². The van der Waals surface area contributed by atoms with Crippen LogP contribution in [-0.2, 0) is 4.43 Å². The molecule has 0 aliphatic carbocycles. The number of nitrogens with zero attached hydrogens (tertiary/aromatic N) is 6. The highest BCUT2D eigenvalue weighted by Crippen LogP contribution is 2.44. The van der Waals surface area contributed by atoms with E-state index in [1.165, 1.54) is 0 Å². The minimum Gasteiger partial charge on any atom is -0.465 e. The third-order valence-electron chi connectivity index (χ3n) is 10.6. The molecule has 0 spiro atoms. The summed E-state index contributed by atoms with van der Waals surface area (Å²) >= 11 is 9.64. The van der Waals surface area contributed by atoms with Gasteiger partial charge in [0.1, 0.15) is 28.7 Å². The van der Waals surface area contributed by atoms with Gasteiger partial charge in [-0.2, -0.15) is 9.97 Å². The number of halogens is 4. The minimum absolute atomic E-state index is 0.0406. The highest BCUT2D eigenvalue weighted by atomic mass is 79.9. The number of pyridine rings is 1. The molecule has 6 rings (SSSR count). The van der Waals surface area contributed by atoms with Crippen molar-refractivity contribution in [2.24, 2.45) is 0 Å². The van der Waals surface area contributed by atoms with Crippen molar-refractivity contribution in [2.45, 2.75) is 101 Å². The summed E-state index contributed by atoms with van der Waals surface area (Å²) in [5, 5.41) is 10.1. The molecule has 4 saturated heterocycles. The molecule has 10 nitrogen and oxygen atoms in total. The van der Waals surface area contributed by atoms with E-state index in [2.05, 4.69) is 64.7 Å². The Kier molecular flexibility index (Phi) is 8.33. The van der Waals surface area contributed by atoms with Gasteiger partial charge in [-0.1, -0.05) is 32.4 Å². The molecule has 44 heavy (non-hydrogen) atoms. The van der Waals surface area contributed by atoms with E-state index in [9.17, 15) is 14.3 Å². The summed E-state index contributed by atoms with van der Waals surface area (Å²) in [6, 6.07) is -1.06.